The Morgan fingerprint density at radius 1 is 0.929 bits per heavy atom. The summed E-state index contributed by atoms with van der Waals surface area (Å²) in [6, 6.07) is 7.55. The van der Waals surface area contributed by atoms with E-state index in [1.54, 1.807) is 32.4 Å². The van der Waals surface area contributed by atoms with Gasteiger partial charge < -0.3 is 23.5 Å². The van der Waals surface area contributed by atoms with Crippen LogP contribution in [0.4, 0.5) is 0 Å². The molecule has 0 unspecified atom stereocenters. The molecular weight excluding hydrogens is 362 g/mol. The third kappa shape index (κ3) is 4.30. The van der Waals surface area contributed by atoms with Crippen molar-refractivity contribution in [2.75, 3.05) is 26.9 Å². The van der Waals surface area contributed by atoms with E-state index in [1.165, 1.54) is 0 Å². The second-order valence-electron chi connectivity index (χ2n) is 5.91. The van der Waals surface area contributed by atoms with Crippen molar-refractivity contribution in [2.45, 2.75) is 34.2 Å². The summed E-state index contributed by atoms with van der Waals surface area (Å²) in [4.78, 5) is 25.3. The van der Waals surface area contributed by atoms with Gasteiger partial charge in [0.2, 0.25) is 5.88 Å². The molecule has 2 rings (SSSR count). The predicted molar refractivity (Wildman–Crippen MR) is 104 cm³/mol. The van der Waals surface area contributed by atoms with E-state index >= 15 is 0 Å². The number of carbonyl (C=O) groups is 2. The van der Waals surface area contributed by atoms with Gasteiger partial charge in [-0.3, -0.25) is 0 Å². The Kier molecular flexibility index (Phi) is 7.49. The summed E-state index contributed by atoms with van der Waals surface area (Å²) >= 11 is 0. The lowest BCUT2D eigenvalue weighted by molar-refractivity contribution is 0.0476. The second kappa shape index (κ2) is 9.82. The van der Waals surface area contributed by atoms with Gasteiger partial charge in [0.05, 0.1) is 39.0 Å². The van der Waals surface area contributed by atoms with Crippen molar-refractivity contribution in [1.82, 2.24) is 4.57 Å². The Bertz CT molecular complexity index is 840. The van der Waals surface area contributed by atoms with E-state index in [2.05, 4.69) is 0 Å². The van der Waals surface area contributed by atoms with Crippen molar-refractivity contribution >= 4 is 11.9 Å². The number of esters is 2. The Morgan fingerprint density at radius 2 is 1.54 bits per heavy atom. The molecule has 7 heteroatoms. The van der Waals surface area contributed by atoms with E-state index in [0.717, 1.165) is 5.56 Å². The van der Waals surface area contributed by atoms with Crippen molar-refractivity contribution < 1.29 is 28.5 Å². The molecule has 0 aliphatic rings. The molecule has 0 aliphatic heterocycles. The van der Waals surface area contributed by atoms with Crippen LogP contribution in [0.1, 0.15) is 52.7 Å². The molecule has 152 valence electrons. The SMILES string of the molecule is CCOC(=O)c1c(C(=O)OCC)c(OCC)n(Cc2ccccc2OC)c1C. The largest absolute Gasteiger partial charge is 0.496 e. The van der Waals surface area contributed by atoms with E-state index in [4.69, 9.17) is 18.9 Å². The van der Waals surface area contributed by atoms with Crippen molar-refractivity contribution in [1.29, 1.82) is 0 Å². The number of aromatic nitrogens is 1. The zero-order valence-corrected chi connectivity index (χ0v) is 17.0. The smallest absolute Gasteiger partial charge is 0.344 e. The molecule has 0 saturated heterocycles. The Balaban J connectivity index is 2.68. The third-order valence-electron chi connectivity index (χ3n) is 4.24. The van der Waals surface area contributed by atoms with E-state index in [9.17, 15) is 9.59 Å². The molecular formula is C21H27NO6. The molecule has 28 heavy (non-hydrogen) atoms. The maximum Gasteiger partial charge on any atom is 0.344 e. The normalized spacial score (nSPS) is 10.5. The summed E-state index contributed by atoms with van der Waals surface area (Å²) in [6.45, 7) is 8.06. The summed E-state index contributed by atoms with van der Waals surface area (Å²) in [5.41, 5.74) is 1.71. The van der Waals surface area contributed by atoms with E-state index in [-0.39, 0.29) is 30.2 Å². The first-order chi connectivity index (χ1) is 13.5. The first kappa shape index (κ1) is 21.3. The Morgan fingerprint density at radius 3 is 2.11 bits per heavy atom. The zero-order chi connectivity index (χ0) is 20.7. The van der Waals surface area contributed by atoms with Gasteiger partial charge in [-0.15, -0.1) is 0 Å². The summed E-state index contributed by atoms with van der Waals surface area (Å²) in [7, 11) is 1.60. The average molecular weight is 389 g/mol. The van der Waals surface area contributed by atoms with Crippen LogP contribution in [-0.4, -0.2) is 43.4 Å². The maximum absolute atomic E-state index is 12.7. The van der Waals surface area contributed by atoms with Gasteiger partial charge in [-0.1, -0.05) is 18.2 Å². The lowest BCUT2D eigenvalue weighted by Gasteiger charge is -2.14. The highest BCUT2D eigenvalue weighted by atomic mass is 16.5. The number of hydrogen-bond acceptors (Lipinski definition) is 6. The third-order valence-corrected chi connectivity index (χ3v) is 4.24. The van der Waals surface area contributed by atoms with Crippen LogP contribution in [0.3, 0.4) is 0 Å². The first-order valence-corrected chi connectivity index (χ1v) is 9.31. The molecule has 1 heterocycles. The molecule has 0 atom stereocenters. The van der Waals surface area contributed by atoms with Gasteiger partial charge in [0.25, 0.3) is 0 Å². The molecule has 7 nitrogen and oxygen atoms in total. The molecule has 1 aromatic heterocycles. The van der Waals surface area contributed by atoms with Crippen LogP contribution in [0.2, 0.25) is 0 Å². The minimum atomic E-state index is -0.615. The highest BCUT2D eigenvalue weighted by Crippen LogP contribution is 2.33. The number of rotatable bonds is 9. The fourth-order valence-electron chi connectivity index (χ4n) is 3.04. The highest BCUT2D eigenvalue weighted by Gasteiger charge is 2.32. The predicted octanol–water partition coefficient (Wildman–Crippen LogP) is 3.61. The fraction of sp³-hybridized carbons (Fsp3) is 0.429. The number of ether oxygens (including phenoxy) is 4. The molecule has 0 amide bonds. The minimum Gasteiger partial charge on any atom is -0.496 e. The van der Waals surface area contributed by atoms with Crippen LogP contribution in [0, 0.1) is 6.92 Å². The second-order valence-corrected chi connectivity index (χ2v) is 5.91. The lowest BCUT2D eigenvalue weighted by Crippen LogP contribution is -2.14. The summed E-state index contributed by atoms with van der Waals surface area (Å²) in [6.07, 6.45) is 0. The molecule has 1 aromatic carbocycles. The fourth-order valence-corrected chi connectivity index (χ4v) is 3.04. The molecule has 0 aliphatic carbocycles. The number of hydrogen-bond donors (Lipinski definition) is 0. The molecule has 0 N–H and O–H groups in total. The molecule has 0 spiro atoms. The maximum atomic E-state index is 12.7. The van der Waals surface area contributed by atoms with E-state index < -0.39 is 11.9 Å². The average Bonchev–Trinajstić information content (AvgIpc) is 2.95. The lowest BCUT2D eigenvalue weighted by atomic mass is 10.1. The number of para-hydroxylation sites is 1. The van der Waals surface area contributed by atoms with Crippen LogP contribution < -0.4 is 9.47 Å². The molecule has 0 bridgehead atoms. The van der Waals surface area contributed by atoms with Gasteiger partial charge >= 0.3 is 11.9 Å². The van der Waals surface area contributed by atoms with E-state index in [1.807, 2.05) is 31.2 Å². The number of benzene rings is 1. The Labute approximate surface area is 165 Å². The van der Waals surface area contributed by atoms with Gasteiger partial charge in [0, 0.05) is 11.3 Å². The van der Waals surface area contributed by atoms with E-state index in [0.29, 0.717) is 24.6 Å². The van der Waals surface area contributed by atoms with Gasteiger partial charge in [-0.25, -0.2) is 9.59 Å². The number of carbonyl (C=O) groups excluding carboxylic acids is 2. The molecule has 0 saturated carbocycles. The van der Waals surface area contributed by atoms with Crippen molar-refractivity contribution in [3.8, 4) is 11.6 Å². The van der Waals surface area contributed by atoms with Gasteiger partial charge in [-0.05, 0) is 33.8 Å². The van der Waals surface area contributed by atoms with Crippen molar-refractivity contribution in [2.24, 2.45) is 0 Å². The number of nitrogens with zero attached hydrogens (tertiary/aromatic N) is 1. The Hall–Kier alpha value is -2.96. The quantitative estimate of drug-likeness (QED) is 0.610. The van der Waals surface area contributed by atoms with Crippen LogP contribution >= 0.6 is 0 Å². The van der Waals surface area contributed by atoms with Gasteiger partial charge in [0.1, 0.15) is 11.3 Å². The van der Waals surface area contributed by atoms with Crippen LogP contribution in [-0.2, 0) is 16.0 Å². The van der Waals surface area contributed by atoms with Crippen molar-refractivity contribution in [3.63, 3.8) is 0 Å². The van der Waals surface area contributed by atoms with Crippen LogP contribution in [0.5, 0.6) is 11.6 Å². The summed E-state index contributed by atoms with van der Waals surface area (Å²) < 4.78 is 23.4. The first-order valence-electron chi connectivity index (χ1n) is 9.31. The number of methoxy groups -OCH3 is 1. The minimum absolute atomic E-state index is 0.0922. The summed E-state index contributed by atoms with van der Waals surface area (Å²) in [5, 5.41) is 0. The van der Waals surface area contributed by atoms with Gasteiger partial charge in [0.15, 0.2) is 0 Å². The molecule has 0 fully saturated rings. The van der Waals surface area contributed by atoms with Crippen LogP contribution in [0.15, 0.2) is 24.3 Å². The zero-order valence-electron chi connectivity index (χ0n) is 17.0. The molecule has 0 radical (unpaired) electrons. The standard InChI is InChI=1S/C21H27NO6/c1-6-26-19-18(21(24)28-8-3)17(20(23)27-7-2)14(4)22(19)13-15-11-9-10-12-16(15)25-5/h9-12H,6-8,13H2,1-5H3. The molecule has 2 aromatic rings. The highest BCUT2D eigenvalue weighted by molar-refractivity contribution is 6.06. The summed E-state index contributed by atoms with van der Waals surface area (Å²) in [5.74, 6) is -0.209. The van der Waals surface area contributed by atoms with Crippen LogP contribution in [0.25, 0.3) is 0 Å². The topological polar surface area (TPSA) is 76.0 Å². The van der Waals surface area contributed by atoms with Gasteiger partial charge in [-0.2, -0.15) is 0 Å². The monoisotopic (exact) mass is 389 g/mol. The van der Waals surface area contributed by atoms with Crippen molar-refractivity contribution in [3.05, 3.63) is 46.6 Å².